The minimum atomic E-state index is 0.635. The Morgan fingerprint density at radius 1 is 0.458 bits per heavy atom. The van der Waals surface area contributed by atoms with Crippen molar-refractivity contribution in [1.82, 2.24) is 0 Å². The number of unbranched alkanes of at least 4 members (excludes halogenated alkanes) is 7. The average Bonchev–Trinajstić information content (AvgIpc) is 2.60. The second-order valence-electron chi connectivity index (χ2n) is 5.97. The van der Waals surface area contributed by atoms with Crippen LogP contribution in [0.25, 0.3) is 0 Å². The molecule has 24 heavy (non-hydrogen) atoms. The van der Waals surface area contributed by atoms with Crippen LogP contribution in [0.4, 0.5) is 0 Å². The highest BCUT2D eigenvalue weighted by molar-refractivity contribution is 14.1. The molecule has 0 saturated heterocycles. The summed E-state index contributed by atoms with van der Waals surface area (Å²) in [6.07, 6.45) is 11.5. The third-order valence-corrected chi connectivity index (χ3v) is 4.44. The van der Waals surface area contributed by atoms with Crippen LogP contribution >= 0.6 is 22.6 Å². The number of halogens is 1. The van der Waals surface area contributed by atoms with Crippen LogP contribution in [-0.2, 0) is 18.9 Å². The summed E-state index contributed by atoms with van der Waals surface area (Å²) in [6.45, 7) is 7.92. The van der Waals surface area contributed by atoms with Crippen LogP contribution < -0.4 is 0 Å². The van der Waals surface area contributed by atoms with Gasteiger partial charge in [-0.1, -0.05) is 68.0 Å². The highest BCUT2D eigenvalue weighted by Gasteiger charge is 1.94. The van der Waals surface area contributed by atoms with E-state index >= 15 is 0 Å². The SMILES string of the molecule is CCCCCCCOCCOCCOCCOCCCCCCI. The number of hydrogen-bond acceptors (Lipinski definition) is 4. The number of ether oxygens (including phenoxy) is 4. The first kappa shape index (κ1) is 24.6. The minimum Gasteiger partial charge on any atom is -0.379 e. The Morgan fingerprint density at radius 2 is 0.833 bits per heavy atom. The first-order valence-corrected chi connectivity index (χ1v) is 11.3. The van der Waals surface area contributed by atoms with Crippen LogP contribution in [0.5, 0.6) is 0 Å². The molecule has 0 rings (SSSR count). The lowest BCUT2D eigenvalue weighted by Gasteiger charge is -2.07. The fourth-order valence-corrected chi connectivity index (χ4v) is 2.76. The predicted molar refractivity (Wildman–Crippen MR) is 109 cm³/mol. The number of alkyl halides is 1. The molecule has 0 radical (unpaired) electrons. The molecule has 0 heterocycles. The van der Waals surface area contributed by atoms with Crippen LogP contribution in [0.1, 0.15) is 64.7 Å². The summed E-state index contributed by atoms with van der Waals surface area (Å²) in [7, 11) is 0. The van der Waals surface area contributed by atoms with E-state index in [1.165, 1.54) is 62.2 Å². The number of rotatable bonds is 21. The smallest absolute Gasteiger partial charge is 0.0701 e. The van der Waals surface area contributed by atoms with E-state index < -0.39 is 0 Å². The second-order valence-corrected chi connectivity index (χ2v) is 7.05. The van der Waals surface area contributed by atoms with E-state index in [9.17, 15) is 0 Å². The molecule has 146 valence electrons. The Morgan fingerprint density at radius 3 is 1.25 bits per heavy atom. The van der Waals surface area contributed by atoms with Crippen LogP contribution in [-0.4, -0.2) is 57.3 Å². The molecule has 0 unspecified atom stereocenters. The standard InChI is InChI=1S/C19H39IO4/c1-2-3-4-6-9-12-21-14-16-23-18-19-24-17-15-22-13-10-7-5-8-11-20/h2-19H2,1H3. The van der Waals surface area contributed by atoms with Gasteiger partial charge in [-0.3, -0.25) is 0 Å². The van der Waals surface area contributed by atoms with Crippen molar-refractivity contribution in [3.63, 3.8) is 0 Å². The molecule has 0 spiro atoms. The molecule has 0 N–H and O–H groups in total. The van der Waals surface area contributed by atoms with Gasteiger partial charge >= 0.3 is 0 Å². The fourth-order valence-electron chi connectivity index (χ4n) is 2.22. The largest absolute Gasteiger partial charge is 0.379 e. The van der Waals surface area contributed by atoms with Gasteiger partial charge in [-0.25, -0.2) is 0 Å². The summed E-state index contributed by atoms with van der Waals surface area (Å²) in [5.74, 6) is 0. The van der Waals surface area contributed by atoms with Crippen molar-refractivity contribution >= 4 is 22.6 Å². The lowest BCUT2D eigenvalue weighted by molar-refractivity contribution is -0.00247. The lowest BCUT2D eigenvalue weighted by Crippen LogP contribution is -2.12. The molecule has 0 aromatic heterocycles. The maximum Gasteiger partial charge on any atom is 0.0701 e. The summed E-state index contributed by atoms with van der Waals surface area (Å²) in [5, 5.41) is 0. The quantitative estimate of drug-likeness (QED) is 0.138. The highest BCUT2D eigenvalue weighted by atomic mass is 127. The predicted octanol–water partition coefficient (Wildman–Crippen LogP) is 5.02. The number of hydrogen-bond donors (Lipinski definition) is 0. The Labute approximate surface area is 163 Å². The minimum absolute atomic E-state index is 0.635. The maximum absolute atomic E-state index is 5.53. The van der Waals surface area contributed by atoms with Gasteiger partial charge in [0, 0.05) is 13.2 Å². The van der Waals surface area contributed by atoms with Gasteiger partial charge < -0.3 is 18.9 Å². The summed E-state index contributed by atoms with van der Waals surface area (Å²) in [5.41, 5.74) is 0. The topological polar surface area (TPSA) is 36.9 Å². The van der Waals surface area contributed by atoms with Crippen LogP contribution in [0.3, 0.4) is 0 Å². The monoisotopic (exact) mass is 458 g/mol. The third kappa shape index (κ3) is 22.6. The van der Waals surface area contributed by atoms with E-state index in [-0.39, 0.29) is 0 Å². The molecule has 4 nitrogen and oxygen atoms in total. The molecule has 0 atom stereocenters. The van der Waals surface area contributed by atoms with Crippen molar-refractivity contribution in [2.24, 2.45) is 0 Å². The van der Waals surface area contributed by atoms with E-state index in [2.05, 4.69) is 29.5 Å². The second kappa shape index (κ2) is 23.6. The third-order valence-electron chi connectivity index (χ3n) is 3.68. The molecule has 0 aliphatic rings. The van der Waals surface area contributed by atoms with E-state index in [0.29, 0.717) is 39.6 Å². The van der Waals surface area contributed by atoms with E-state index in [4.69, 9.17) is 18.9 Å². The molecule has 0 amide bonds. The van der Waals surface area contributed by atoms with Gasteiger partial charge in [0.15, 0.2) is 0 Å². The highest BCUT2D eigenvalue weighted by Crippen LogP contribution is 2.03. The first-order valence-electron chi connectivity index (χ1n) is 9.78. The van der Waals surface area contributed by atoms with Gasteiger partial charge in [0.2, 0.25) is 0 Å². The van der Waals surface area contributed by atoms with Gasteiger partial charge in [0.1, 0.15) is 0 Å². The van der Waals surface area contributed by atoms with Gasteiger partial charge in [-0.05, 0) is 23.7 Å². The zero-order chi connectivity index (χ0) is 17.6. The Hall–Kier alpha value is 0.570. The average molecular weight is 458 g/mol. The fraction of sp³-hybridized carbons (Fsp3) is 1.00. The van der Waals surface area contributed by atoms with E-state index in [1.807, 2.05) is 0 Å². The van der Waals surface area contributed by atoms with Gasteiger partial charge in [-0.2, -0.15) is 0 Å². The molecule has 0 aromatic rings. The molecular formula is C19H39IO4. The van der Waals surface area contributed by atoms with Crippen molar-refractivity contribution in [1.29, 1.82) is 0 Å². The van der Waals surface area contributed by atoms with Crippen molar-refractivity contribution < 1.29 is 18.9 Å². The molecule has 0 aliphatic heterocycles. The molecule has 0 fully saturated rings. The summed E-state index contributed by atoms with van der Waals surface area (Å²) in [4.78, 5) is 0. The Bertz CT molecular complexity index is 196. The van der Waals surface area contributed by atoms with Crippen molar-refractivity contribution in [3.8, 4) is 0 Å². The Kier molecular flexibility index (Phi) is 24.1. The molecule has 0 bridgehead atoms. The molecule has 0 aliphatic carbocycles. The normalized spacial score (nSPS) is 11.2. The van der Waals surface area contributed by atoms with Crippen molar-refractivity contribution in [3.05, 3.63) is 0 Å². The summed E-state index contributed by atoms with van der Waals surface area (Å²) in [6, 6.07) is 0. The molecule has 0 aromatic carbocycles. The first-order chi connectivity index (χ1) is 11.9. The van der Waals surface area contributed by atoms with E-state index in [1.54, 1.807) is 0 Å². The van der Waals surface area contributed by atoms with Crippen LogP contribution in [0.2, 0.25) is 0 Å². The van der Waals surface area contributed by atoms with Crippen LogP contribution in [0.15, 0.2) is 0 Å². The van der Waals surface area contributed by atoms with Gasteiger partial charge in [-0.15, -0.1) is 0 Å². The Balaban J connectivity index is 2.93. The van der Waals surface area contributed by atoms with Crippen molar-refractivity contribution in [2.45, 2.75) is 64.7 Å². The lowest BCUT2D eigenvalue weighted by atomic mass is 10.2. The molecular weight excluding hydrogens is 419 g/mol. The molecule has 0 saturated carbocycles. The zero-order valence-corrected chi connectivity index (χ0v) is 17.9. The van der Waals surface area contributed by atoms with Crippen molar-refractivity contribution in [2.75, 3.05) is 57.3 Å². The molecule has 5 heteroatoms. The van der Waals surface area contributed by atoms with Crippen LogP contribution in [0, 0.1) is 0 Å². The zero-order valence-electron chi connectivity index (χ0n) is 15.7. The maximum atomic E-state index is 5.53. The van der Waals surface area contributed by atoms with Gasteiger partial charge in [0.25, 0.3) is 0 Å². The summed E-state index contributed by atoms with van der Waals surface area (Å²) < 4.78 is 23.3. The summed E-state index contributed by atoms with van der Waals surface area (Å²) >= 11 is 2.43. The van der Waals surface area contributed by atoms with Gasteiger partial charge in [0.05, 0.1) is 39.6 Å². The van der Waals surface area contributed by atoms with E-state index in [0.717, 1.165) is 13.2 Å².